The molecule has 1 atom stereocenters. The first-order chi connectivity index (χ1) is 12.6. The van der Waals surface area contributed by atoms with E-state index in [1.807, 2.05) is 54.0 Å². The molecule has 3 heterocycles. The maximum atomic E-state index is 5.98. The molecule has 4 rings (SSSR count). The Bertz CT molecular complexity index is 1060. The predicted octanol–water partition coefficient (Wildman–Crippen LogP) is 2.55. The maximum absolute atomic E-state index is 5.98. The quantitative estimate of drug-likeness (QED) is 0.519. The molecule has 0 bridgehead atoms. The highest BCUT2D eigenvalue weighted by atomic mass is 15.2. The summed E-state index contributed by atoms with van der Waals surface area (Å²) in [6, 6.07) is 13.6. The lowest BCUT2D eigenvalue weighted by Gasteiger charge is -2.17. The number of nitrogen functional groups attached to an aromatic ring is 2. The summed E-state index contributed by atoms with van der Waals surface area (Å²) in [4.78, 5) is 17.3. The number of nitrogens with two attached hydrogens (primary N) is 2. The van der Waals surface area contributed by atoms with Gasteiger partial charge in [-0.1, -0.05) is 18.2 Å². The van der Waals surface area contributed by atoms with Crippen molar-refractivity contribution in [3.8, 4) is 5.69 Å². The van der Waals surface area contributed by atoms with Crippen molar-refractivity contribution < 1.29 is 0 Å². The van der Waals surface area contributed by atoms with E-state index < -0.39 is 0 Å². The molecule has 0 aliphatic heterocycles. The van der Waals surface area contributed by atoms with Gasteiger partial charge in [-0.25, -0.2) is 19.9 Å². The van der Waals surface area contributed by atoms with Crippen LogP contribution in [0.15, 0.2) is 55.0 Å². The summed E-state index contributed by atoms with van der Waals surface area (Å²) in [6.07, 6.45) is 3.14. The number of hydrogen-bond acceptors (Lipinski definition) is 7. The number of hydrogen-bond donors (Lipinski definition) is 3. The van der Waals surface area contributed by atoms with Crippen LogP contribution >= 0.6 is 0 Å². The molecule has 8 nitrogen and oxygen atoms in total. The number of imidazole rings is 1. The van der Waals surface area contributed by atoms with Crippen molar-refractivity contribution in [2.45, 2.75) is 13.0 Å². The largest absolute Gasteiger partial charge is 0.393 e. The SMILES string of the molecule is C[C@H](Nc1ncnc(N)c1N)c1nc2cccnc2n1-c1ccccc1. The summed E-state index contributed by atoms with van der Waals surface area (Å²) >= 11 is 0. The molecule has 4 aromatic rings. The van der Waals surface area contributed by atoms with E-state index >= 15 is 0 Å². The fourth-order valence-electron chi connectivity index (χ4n) is 2.85. The number of anilines is 3. The summed E-state index contributed by atoms with van der Waals surface area (Å²) in [6.45, 7) is 1.98. The van der Waals surface area contributed by atoms with Crippen LogP contribution in [0.2, 0.25) is 0 Å². The first kappa shape index (κ1) is 15.8. The fourth-order valence-corrected chi connectivity index (χ4v) is 2.85. The summed E-state index contributed by atoms with van der Waals surface area (Å²) in [5, 5.41) is 3.27. The summed E-state index contributed by atoms with van der Waals surface area (Å²) in [5.74, 6) is 1.51. The van der Waals surface area contributed by atoms with Gasteiger partial charge >= 0.3 is 0 Å². The van der Waals surface area contributed by atoms with Crippen molar-refractivity contribution in [2.24, 2.45) is 0 Å². The smallest absolute Gasteiger partial charge is 0.164 e. The topological polar surface area (TPSA) is 121 Å². The zero-order valence-corrected chi connectivity index (χ0v) is 14.2. The lowest BCUT2D eigenvalue weighted by atomic mass is 10.2. The first-order valence-electron chi connectivity index (χ1n) is 8.16. The highest BCUT2D eigenvalue weighted by molar-refractivity contribution is 5.75. The molecular formula is C18H18N8. The van der Waals surface area contributed by atoms with Crippen LogP contribution < -0.4 is 16.8 Å². The average molecular weight is 346 g/mol. The van der Waals surface area contributed by atoms with Gasteiger partial charge in [0.2, 0.25) is 0 Å². The molecule has 5 N–H and O–H groups in total. The van der Waals surface area contributed by atoms with Crippen LogP contribution in [0.25, 0.3) is 16.9 Å². The Morgan fingerprint density at radius 2 is 1.81 bits per heavy atom. The van der Waals surface area contributed by atoms with Crippen LogP contribution in [0.4, 0.5) is 17.3 Å². The van der Waals surface area contributed by atoms with Crippen molar-refractivity contribution >= 4 is 28.5 Å². The number of pyridine rings is 1. The monoisotopic (exact) mass is 346 g/mol. The van der Waals surface area contributed by atoms with Gasteiger partial charge in [-0.2, -0.15) is 0 Å². The highest BCUT2D eigenvalue weighted by Gasteiger charge is 2.20. The van der Waals surface area contributed by atoms with E-state index in [0.29, 0.717) is 11.5 Å². The summed E-state index contributed by atoms with van der Waals surface area (Å²) < 4.78 is 2.02. The molecule has 26 heavy (non-hydrogen) atoms. The molecule has 0 unspecified atom stereocenters. The molecule has 130 valence electrons. The highest BCUT2D eigenvalue weighted by Crippen LogP contribution is 2.28. The molecule has 0 aliphatic carbocycles. The molecule has 0 amide bonds. The average Bonchev–Trinajstić information content (AvgIpc) is 3.06. The van der Waals surface area contributed by atoms with E-state index in [1.165, 1.54) is 6.33 Å². The van der Waals surface area contributed by atoms with Crippen molar-refractivity contribution in [3.63, 3.8) is 0 Å². The second-order valence-electron chi connectivity index (χ2n) is 5.87. The van der Waals surface area contributed by atoms with Gasteiger partial charge < -0.3 is 16.8 Å². The van der Waals surface area contributed by atoms with Crippen LogP contribution in [-0.4, -0.2) is 24.5 Å². The molecule has 0 radical (unpaired) electrons. The minimum Gasteiger partial charge on any atom is -0.393 e. The lowest BCUT2D eigenvalue weighted by molar-refractivity contribution is 0.766. The molecule has 0 fully saturated rings. The third-order valence-corrected chi connectivity index (χ3v) is 4.11. The minimum atomic E-state index is -0.194. The molecule has 8 heteroatoms. The molecule has 1 aromatic carbocycles. The van der Waals surface area contributed by atoms with E-state index in [4.69, 9.17) is 16.5 Å². The summed E-state index contributed by atoms with van der Waals surface area (Å²) in [5.41, 5.74) is 14.7. The fraction of sp³-hybridized carbons (Fsp3) is 0.111. The lowest BCUT2D eigenvalue weighted by Crippen LogP contribution is -2.16. The number of benzene rings is 1. The normalized spacial score (nSPS) is 12.2. The van der Waals surface area contributed by atoms with E-state index in [2.05, 4.69) is 20.3 Å². The number of fused-ring (bicyclic) bond motifs is 1. The van der Waals surface area contributed by atoms with Crippen molar-refractivity contribution in [2.75, 3.05) is 16.8 Å². The van der Waals surface area contributed by atoms with Crippen LogP contribution in [0.5, 0.6) is 0 Å². The third kappa shape index (κ3) is 2.67. The first-order valence-corrected chi connectivity index (χ1v) is 8.16. The Balaban J connectivity index is 1.82. The molecule has 3 aromatic heterocycles. The Labute approximate surface area is 149 Å². The molecular weight excluding hydrogens is 328 g/mol. The van der Waals surface area contributed by atoms with Gasteiger partial charge in [-0.3, -0.25) is 4.57 Å². The number of para-hydroxylation sites is 1. The maximum Gasteiger partial charge on any atom is 0.164 e. The molecule has 0 spiro atoms. The van der Waals surface area contributed by atoms with Crippen molar-refractivity contribution in [1.82, 2.24) is 24.5 Å². The second kappa shape index (κ2) is 6.32. The Hall–Kier alpha value is -3.68. The van der Waals surface area contributed by atoms with Gasteiger partial charge in [-0.15, -0.1) is 0 Å². The minimum absolute atomic E-state index is 0.194. The van der Waals surface area contributed by atoms with Gasteiger partial charge in [0, 0.05) is 11.9 Å². The number of nitrogens with zero attached hydrogens (tertiary/aromatic N) is 5. The van der Waals surface area contributed by atoms with Gasteiger partial charge in [-0.05, 0) is 31.2 Å². The second-order valence-corrected chi connectivity index (χ2v) is 5.87. The Kier molecular flexibility index (Phi) is 3.85. The van der Waals surface area contributed by atoms with Crippen molar-refractivity contribution in [3.05, 3.63) is 60.8 Å². The Morgan fingerprint density at radius 1 is 1.00 bits per heavy atom. The van der Waals surface area contributed by atoms with Crippen LogP contribution in [0, 0.1) is 0 Å². The van der Waals surface area contributed by atoms with E-state index in [9.17, 15) is 0 Å². The zero-order chi connectivity index (χ0) is 18.1. The van der Waals surface area contributed by atoms with E-state index in [0.717, 1.165) is 22.7 Å². The van der Waals surface area contributed by atoms with E-state index in [1.54, 1.807) is 6.20 Å². The van der Waals surface area contributed by atoms with Gasteiger partial charge in [0.1, 0.15) is 23.4 Å². The van der Waals surface area contributed by atoms with Crippen molar-refractivity contribution in [1.29, 1.82) is 0 Å². The van der Waals surface area contributed by atoms with Gasteiger partial charge in [0.25, 0.3) is 0 Å². The molecule has 0 aliphatic rings. The Morgan fingerprint density at radius 3 is 2.62 bits per heavy atom. The standard InChI is InChI=1S/C18H18N8/c1-11(24-16-14(19)15(20)22-10-23-16)17-25-13-8-5-9-21-18(13)26(17)12-6-3-2-4-7-12/h2-11H,19H2,1H3,(H3,20,22,23,24)/t11-/m0/s1. The van der Waals surface area contributed by atoms with Gasteiger partial charge in [0.05, 0.1) is 6.04 Å². The van der Waals surface area contributed by atoms with Crippen LogP contribution in [-0.2, 0) is 0 Å². The van der Waals surface area contributed by atoms with Crippen LogP contribution in [0.3, 0.4) is 0 Å². The summed E-state index contributed by atoms with van der Waals surface area (Å²) in [7, 11) is 0. The zero-order valence-electron chi connectivity index (χ0n) is 14.2. The predicted molar refractivity (Wildman–Crippen MR) is 102 cm³/mol. The number of aromatic nitrogens is 5. The van der Waals surface area contributed by atoms with Gasteiger partial charge in [0.15, 0.2) is 17.3 Å². The van der Waals surface area contributed by atoms with Crippen LogP contribution in [0.1, 0.15) is 18.8 Å². The number of nitrogens with one attached hydrogen (secondary N) is 1. The molecule has 0 saturated carbocycles. The third-order valence-electron chi connectivity index (χ3n) is 4.11. The number of rotatable bonds is 4. The molecule has 0 saturated heterocycles. The van der Waals surface area contributed by atoms with E-state index in [-0.39, 0.29) is 11.9 Å².